The van der Waals surface area contributed by atoms with Crippen molar-refractivity contribution in [3.8, 4) is 0 Å². The highest BCUT2D eigenvalue weighted by molar-refractivity contribution is 7.98. The van der Waals surface area contributed by atoms with Crippen LogP contribution in [-0.4, -0.2) is 17.2 Å². The van der Waals surface area contributed by atoms with Crippen molar-refractivity contribution in [3.05, 3.63) is 34.8 Å². The molecule has 0 saturated heterocycles. The summed E-state index contributed by atoms with van der Waals surface area (Å²) >= 11 is 2.60. The Bertz CT molecular complexity index is 516. The number of halogens is 2. The van der Waals surface area contributed by atoms with Crippen LogP contribution in [0, 0.1) is 11.6 Å². The second-order valence-electron chi connectivity index (χ2n) is 3.11. The highest BCUT2D eigenvalue weighted by Crippen LogP contribution is 2.28. The van der Waals surface area contributed by atoms with Crippen molar-refractivity contribution in [2.75, 3.05) is 12.4 Å². The zero-order valence-electron chi connectivity index (χ0n) is 8.91. The summed E-state index contributed by atoms with van der Waals surface area (Å²) in [7, 11) is 1.75. The summed E-state index contributed by atoms with van der Waals surface area (Å²) in [5.41, 5.74) is 0. The molecule has 0 fully saturated rings. The Balaban J connectivity index is 2.04. The number of rotatable bonds is 4. The van der Waals surface area contributed by atoms with Crippen LogP contribution in [0.4, 0.5) is 13.9 Å². The number of hydrogen-bond donors (Lipinski definition) is 1. The highest BCUT2D eigenvalue weighted by Gasteiger charge is 2.07. The van der Waals surface area contributed by atoms with Gasteiger partial charge in [-0.05, 0) is 18.2 Å². The average molecular weight is 273 g/mol. The Morgan fingerprint density at radius 3 is 2.88 bits per heavy atom. The lowest BCUT2D eigenvalue weighted by atomic mass is 10.3. The molecular formula is C10H9F2N3S2. The summed E-state index contributed by atoms with van der Waals surface area (Å²) in [6.07, 6.45) is 0. The summed E-state index contributed by atoms with van der Waals surface area (Å²) in [4.78, 5) is 0.284. The predicted molar refractivity (Wildman–Crippen MR) is 65.4 cm³/mol. The number of anilines is 1. The van der Waals surface area contributed by atoms with Gasteiger partial charge in [0.15, 0.2) is 0 Å². The molecule has 0 saturated carbocycles. The molecule has 0 radical (unpaired) electrons. The van der Waals surface area contributed by atoms with Crippen LogP contribution in [0.15, 0.2) is 23.1 Å². The number of hydrogen-bond acceptors (Lipinski definition) is 5. The molecule has 90 valence electrons. The molecule has 0 unspecified atom stereocenters. The van der Waals surface area contributed by atoms with Gasteiger partial charge in [-0.25, -0.2) is 8.78 Å². The fourth-order valence-corrected chi connectivity index (χ4v) is 2.78. The standard InChI is InChI=1S/C10H9F2N3S2/c1-13-10-15-14-9(17-10)5-16-8-4-6(11)2-3-7(8)12/h2-4H,5H2,1H3,(H,13,15). The normalized spacial score (nSPS) is 10.5. The van der Waals surface area contributed by atoms with Crippen LogP contribution in [0.25, 0.3) is 0 Å². The third kappa shape index (κ3) is 3.13. The van der Waals surface area contributed by atoms with Gasteiger partial charge in [-0.2, -0.15) is 0 Å². The maximum absolute atomic E-state index is 13.3. The third-order valence-corrected chi connectivity index (χ3v) is 4.09. The number of nitrogens with zero attached hydrogens (tertiary/aromatic N) is 2. The number of nitrogens with one attached hydrogen (secondary N) is 1. The van der Waals surface area contributed by atoms with E-state index in [4.69, 9.17) is 0 Å². The maximum atomic E-state index is 13.3. The topological polar surface area (TPSA) is 37.8 Å². The van der Waals surface area contributed by atoms with Crippen LogP contribution >= 0.6 is 23.1 Å². The van der Waals surface area contributed by atoms with E-state index in [0.717, 1.165) is 17.1 Å². The van der Waals surface area contributed by atoms with Crippen molar-refractivity contribution in [3.63, 3.8) is 0 Å². The number of thioether (sulfide) groups is 1. The van der Waals surface area contributed by atoms with Crippen molar-refractivity contribution >= 4 is 28.2 Å². The predicted octanol–water partition coefficient (Wildman–Crippen LogP) is 3.15. The molecule has 0 aliphatic carbocycles. The van der Waals surface area contributed by atoms with Crippen molar-refractivity contribution in [1.82, 2.24) is 10.2 Å². The van der Waals surface area contributed by atoms with E-state index in [-0.39, 0.29) is 4.90 Å². The van der Waals surface area contributed by atoms with E-state index in [2.05, 4.69) is 15.5 Å². The summed E-state index contributed by atoms with van der Waals surface area (Å²) in [6, 6.07) is 3.40. The first-order valence-corrected chi connectivity index (χ1v) is 6.57. The lowest BCUT2D eigenvalue weighted by Gasteiger charge is -2.00. The molecule has 2 aromatic rings. The molecule has 3 nitrogen and oxygen atoms in total. The molecule has 0 amide bonds. The van der Waals surface area contributed by atoms with Crippen molar-refractivity contribution in [2.45, 2.75) is 10.6 Å². The van der Waals surface area contributed by atoms with Gasteiger partial charge in [0.2, 0.25) is 5.13 Å². The van der Waals surface area contributed by atoms with Crippen LogP contribution in [0.1, 0.15) is 5.01 Å². The van der Waals surface area contributed by atoms with E-state index < -0.39 is 11.6 Å². The molecule has 1 aromatic heterocycles. The minimum absolute atomic E-state index is 0.284. The summed E-state index contributed by atoms with van der Waals surface area (Å²) in [5, 5.41) is 12.1. The molecule has 1 N–H and O–H groups in total. The molecular weight excluding hydrogens is 264 g/mol. The quantitative estimate of drug-likeness (QED) is 0.868. The van der Waals surface area contributed by atoms with E-state index in [1.165, 1.54) is 29.2 Å². The molecule has 0 bridgehead atoms. The van der Waals surface area contributed by atoms with Gasteiger partial charge in [-0.3, -0.25) is 0 Å². The van der Waals surface area contributed by atoms with Crippen LogP contribution in [0.3, 0.4) is 0 Å². The van der Waals surface area contributed by atoms with Gasteiger partial charge in [0.25, 0.3) is 0 Å². The van der Waals surface area contributed by atoms with Gasteiger partial charge in [0.05, 0.1) is 5.75 Å². The minimum Gasteiger partial charge on any atom is -0.363 e. The summed E-state index contributed by atoms with van der Waals surface area (Å²) in [5.74, 6) is -0.392. The molecule has 1 heterocycles. The van der Waals surface area contributed by atoms with Gasteiger partial charge < -0.3 is 5.32 Å². The Morgan fingerprint density at radius 1 is 1.35 bits per heavy atom. The van der Waals surface area contributed by atoms with Gasteiger partial charge in [0, 0.05) is 11.9 Å². The Morgan fingerprint density at radius 2 is 2.18 bits per heavy atom. The molecule has 0 spiro atoms. The Hall–Kier alpha value is -1.21. The largest absolute Gasteiger partial charge is 0.363 e. The van der Waals surface area contributed by atoms with Gasteiger partial charge in [-0.1, -0.05) is 11.3 Å². The van der Waals surface area contributed by atoms with Crippen molar-refractivity contribution in [1.29, 1.82) is 0 Å². The van der Waals surface area contributed by atoms with E-state index in [0.29, 0.717) is 10.9 Å². The Labute approximate surface area is 105 Å². The second kappa shape index (κ2) is 5.42. The van der Waals surface area contributed by atoms with Crippen molar-refractivity contribution in [2.24, 2.45) is 0 Å². The SMILES string of the molecule is CNc1nnc(CSc2cc(F)ccc2F)s1. The van der Waals surface area contributed by atoms with E-state index in [9.17, 15) is 8.78 Å². The lowest BCUT2D eigenvalue weighted by molar-refractivity contribution is 0.577. The first-order chi connectivity index (χ1) is 8.19. The first kappa shape index (κ1) is 12.3. The monoisotopic (exact) mass is 273 g/mol. The third-order valence-electron chi connectivity index (χ3n) is 1.93. The Kier molecular flexibility index (Phi) is 3.90. The number of benzene rings is 1. The van der Waals surface area contributed by atoms with Crippen LogP contribution < -0.4 is 5.32 Å². The summed E-state index contributed by atoms with van der Waals surface area (Å²) in [6.45, 7) is 0. The van der Waals surface area contributed by atoms with Gasteiger partial charge >= 0.3 is 0 Å². The average Bonchev–Trinajstić information content (AvgIpc) is 2.78. The maximum Gasteiger partial charge on any atom is 0.205 e. The fourth-order valence-electron chi connectivity index (χ4n) is 1.14. The van der Waals surface area contributed by atoms with E-state index in [1.54, 1.807) is 7.05 Å². The zero-order chi connectivity index (χ0) is 12.3. The van der Waals surface area contributed by atoms with Gasteiger partial charge in [0.1, 0.15) is 16.6 Å². The van der Waals surface area contributed by atoms with E-state index >= 15 is 0 Å². The number of aromatic nitrogens is 2. The lowest BCUT2D eigenvalue weighted by Crippen LogP contribution is -1.85. The van der Waals surface area contributed by atoms with Gasteiger partial charge in [-0.15, -0.1) is 22.0 Å². The van der Waals surface area contributed by atoms with Crippen molar-refractivity contribution < 1.29 is 8.78 Å². The molecule has 2 rings (SSSR count). The minimum atomic E-state index is -0.443. The van der Waals surface area contributed by atoms with E-state index in [1.807, 2.05) is 0 Å². The van der Waals surface area contributed by atoms with Crippen LogP contribution in [-0.2, 0) is 5.75 Å². The van der Waals surface area contributed by atoms with Crippen LogP contribution in [0.5, 0.6) is 0 Å². The summed E-state index contributed by atoms with van der Waals surface area (Å²) < 4.78 is 26.2. The molecule has 17 heavy (non-hydrogen) atoms. The zero-order valence-corrected chi connectivity index (χ0v) is 10.5. The molecule has 0 aliphatic rings. The van der Waals surface area contributed by atoms with Crippen LogP contribution in [0.2, 0.25) is 0 Å². The first-order valence-electron chi connectivity index (χ1n) is 4.77. The molecule has 7 heteroatoms. The highest BCUT2D eigenvalue weighted by atomic mass is 32.2. The smallest absolute Gasteiger partial charge is 0.205 e. The molecule has 1 aromatic carbocycles. The fraction of sp³-hybridized carbons (Fsp3) is 0.200. The second-order valence-corrected chi connectivity index (χ2v) is 5.19. The molecule has 0 atom stereocenters. The molecule has 0 aliphatic heterocycles.